The normalized spacial score (nSPS) is 13.3. The van der Waals surface area contributed by atoms with Gasteiger partial charge in [0.15, 0.2) is 11.5 Å². The Bertz CT molecular complexity index is 762. The van der Waals surface area contributed by atoms with Crippen molar-refractivity contribution < 1.29 is 18.7 Å². The van der Waals surface area contributed by atoms with Gasteiger partial charge in [-0.05, 0) is 49.7 Å². The average Bonchev–Trinajstić information content (AvgIpc) is 2.53. The fourth-order valence-corrected chi connectivity index (χ4v) is 2.52. The maximum absolute atomic E-state index is 13.2. The van der Waals surface area contributed by atoms with Crippen molar-refractivity contribution in [3.05, 3.63) is 53.8 Å². The lowest BCUT2D eigenvalue weighted by atomic mass is 9.94. The Morgan fingerprint density at radius 3 is 2.58 bits per heavy atom. The summed E-state index contributed by atoms with van der Waals surface area (Å²) >= 11 is 0. The van der Waals surface area contributed by atoms with E-state index in [1.807, 2.05) is 32.0 Å². The predicted octanol–water partition coefficient (Wildman–Crippen LogP) is 3.65. The molecule has 1 aliphatic heterocycles. The van der Waals surface area contributed by atoms with Gasteiger partial charge in [-0.25, -0.2) is 9.18 Å². The van der Waals surface area contributed by atoms with E-state index in [1.54, 1.807) is 6.07 Å². The summed E-state index contributed by atoms with van der Waals surface area (Å²) in [5.41, 5.74) is 0.624. The fourth-order valence-electron chi connectivity index (χ4n) is 2.52. The largest absolute Gasteiger partial charge is 0.486 e. The molecular weight excluding hydrogens is 311 g/mol. The second kappa shape index (κ2) is 6.39. The Balaban J connectivity index is 1.72. The molecule has 6 heteroatoms. The molecule has 0 saturated heterocycles. The first-order valence-corrected chi connectivity index (χ1v) is 7.69. The SMILES string of the molecule is CC(C)(NC(=O)Nc1cccc(F)c1)c1ccc2c(c1)OCCO2. The maximum Gasteiger partial charge on any atom is 0.319 e. The lowest BCUT2D eigenvalue weighted by Gasteiger charge is -2.28. The molecule has 0 bridgehead atoms. The van der Waals surface area contributed by atoms with Gasteiger partial charge in [-0.1, -0.05) is 12.1 Å². The van der Waals surface area contributed by atoms with Gasteiger partial charge >= 0.3 is 6.03 Å². The van der Waals surface area contributed by atoms with Crippen molar-refractivity contribution in [1.82, 2.24) is 5.32 Å². The quantitative estimate of drug-likeness (QED) is 0.903. The molecule has 0 aliphatic carbocycles. The molecule has 0 unspecified atom stereocenters. The number of benzene rings is 2. The number of nitrogens with one attached hydrogen (secondary N) is 2. The lowest BCUT2D eigenvalue weighted by molar-refractivity contribution is 0.171. The van der Waals surface area contributed by atoms with E-state index in [9.17, 15) is 9.18 Å². The third kappa shape index (κ3) is 3.59. The summed E-state index contributed by atoms with van der Waals surface area (Å²) in [6.07, 6.45) is 0. The average molecular weight is 330 g/mol. The molecule has 1 heterocycles. The van der Waals surface area contributed by atoms with E-state index in [1.165, 1.54) is 18.2 Å². The van der Waals surface area contributed by atoms with E-state index in [4.69, 9.17) is 9.47 Å². The number of hydrogen-bond donors (Lipinski definition) is 2. The maximum atomic E-state index is 13.2. The van der Waals surface area contributed by atoms with E-state index in [2.05, 4.69) is 10.6 Å². The highest BCUT2D eigenvalue weighted by Crippen LogP contribution is 2.34. The summed E-state index contributed by atoms with van der Waals surface area (Å²) in [7, 11) is 0. The smallest absolute Gasteiger partial charge is 0.319 e. The minimum atomic E-state index is -0.646. The molecule has 24 heavy (non-hydrogen) atoms. The number of rotatable bonds is 3. The highest BCUT2D eigenvalue weighted by atomic mass is 19.1. The molecule has 3 rings (SSSR count). The standard InChI is InChI=1S/C18H19FN2O3/c1-18(2,12-6-7-15-16(10-12)24-9-8-23-15)21-17(22)20-14-5-3-4-13(19)11-14/h3-7,10-11H,8-9H2,1-2H3,(H2,20,21,22). The Labute approximate surface area is 139 Å². The van der Waals surface area contributed by atoms with E-state index in [0.717, 1.165) is 5.56 Å². The zero-order chi connectivity index (χ0) is 17.2. The van der Waals surface area contributed by atoms with Crippen molar-refractivity contribution in [2.24, 2.45) is 0 Å². The monoisotopic (exact) mass is 330 g/mol. The molecule has 2 N–H and O–H groups in total. The van der Waals surface area contributed by atoms with Gasteiger partial charge in [-0.2, -0.15) is 0 Å². The van der Waals surface area contributed by atoms with Crippen LogP contribution in [-0.4, -0.2) is 19.2 Å². The van der Waals surface area contributed by atoms with Crippen molar-refractivity contribution in [2.75, 3.05) is 18.5 Å². The Morgan fingerprint density at radius 2 is 1.83 bits per heavy atom. The van der Waals surface area contributed by atoms with Crippen LogP contribution < -0.4 is 20.1 Å². The highest BCUT2D eigenvalue weighted by Gasteiger charge is 2.25. The van der Waals surface area contributed by atoms with Crippen LogP contribution in [0.3, 0.4) is 0 Å². The molecule has 2 aromatic carbocycles. The molecule has 126 valence electrons. The number of amides is 2. The van der Waals surface area contributed by atoms with Crippen molar-refractivity contribution in [2.45, 2.75) is 19.4 Å². The second-order valence-electron chi connectivity index (χ2n) is 6.07. The zero-order valence-electron chi connectivity index (χ0n) is 13.6. The number of ether oxygens (including phenoxy) is 2. The number of fused-ring (bicyclic) bond motifs is 1. The van der Waals surface area contributed by atoms with Gasteiger partial charge in [-0.15, -0.1) is 0 Å². The van der Waals surface area contributed by atoms with E-state index < -0.39 is 17.4 Å². The number of anilines is 1. The molecule has 0 saturated carbocycles. The molecule has 5 nitrogen and oxygen atoms in total. The van der Waals surface area contributed by atoms with Crippen LogP contribution in [0.15, 0.2) is 42.5 Å². The van der Waals surface area contributed by atoms with Crippen molar-refractivity contribution in [3.8, 4) is 11.5 Å². The van der Waals surface area contributed by atoms with Gasteiger partial charge in [0.05, 0.1) is 5.54 Å². The molecule has 0 aromatic heterocycles. The van der Waals surface area contributed by atoms with Crippen LogP contribution in [0.5, 0.6) is 11.5 Å². The second-order valence-corrected chi connectivity index (χ2v) is 6.07. The van der Waals surface area contributed by atoms with Crippen molar-refractivity contribution >= 4 is 11.7 Å². The van der Waals surface area contributed by atoms with Crippen LogP contribution in [0.2, 0.25) is 0 Å². The van der Waals surface area contributed by atoms with Gasteiger partial charge in [0.2, 0.25) is 0 Å². The van der Waals surface area contributed by atoms with Crippen LogP contribution >= 0.6 is 0 Å². The first-order chi connectivity index (χ1) is 11.4. The molecular formula is C18H19FN2O3. The number of carbonyl (C=O) groups is 1. The van der Waals surface area contributed by atoms with Crippen molar-refractivity contribution in [1.29, 1.82) is 0 Å². The van der Waals surface area contributed by atoms with Crippen LogP contribution in [0.25, 0.3) is 0 Å². The summed E-state index contributed by atoms with van der Waals surface area (Å²) in [5.74, 6) is 0.961. The van der Waals surface area contributed by atoms with Crippen LogP contribution in [0, 0.1) is 5.82 Å². The topological polar surface area (TPSA) is 59.6 Å². The summed E-state index contributed by atoms with van der Waals surface area (Å²) in [6, 6.07) is 10.9. The highest BCUT2D eigenvalue weighted by molar-refractivity contribution is 5.89. The van der Waals surface area contributed by atoms with Gasteiger partial charge in [0, 0.05) is 5.69 Å². The molecule has 2 amide bonds. The molecule has 0 radical (unpaired) electrons. The molecule has 2 aromatic rings. The Hall–Kier alpha value is -2.76. The number of carbonyl (C=O) groups excluding carboxylic acids is 1. The van der Waals surface area contributed by atoms with Crippen LogP contribution in [0.4, 0.5) is 14.9 Å². The van der Waals surface area contributed by atoms with Crippen LogP contribution in [-0.2, 0) is 5.54 Å². The van der Waals surface area contributed by atoms with E-state index >= 15 is 0 Å². The lowest BCUT2D eigenvalue weighted by Crippen LogP contribution is -2.43. The summed E-state index contributed by atoms with van der Waals surface area (Å²) in [6.45, 7) is 4.79. The molecule has 0 atom stereocenters. The number of hydrogen-bond acceptors (Lipinski definition) is 3. The van der Waals surface area contributed by atoms with Gasteiger partial charge in [-0.3, -0.25) is 0 Å². The Morgan fingerprint density at radius 1 is 1.08 bits per heavy atom. The minimum absolute atomic E-state index is 0.394. The van der Waals surface area contributed by atoms with E-state index in [0.29, 0.717) is 30.4 Å². The van der Waals surface area contributed by atoms with E-state index in [-0.39, 0.29) is 0 Å². The third-order valence-electron chi connectivity index (χ3n) is 3.77. The first kappa shape index (κ1) is 16.1. The van der Waals surface area contributed by atoms with Crippen molar-refractivity contribution in [3.63, 3.8) is 0 Å². The first-order valence-electron chi connectivity index (χ1n) is 7.69. The molecule has 0 spiro atoms. The van der Waals surface area contributed by atoms with Gasteiger partial charge in [0.1, 0.15) is 19.0 Å². The minimum Gasteiger partial charge on any atom is -0.486 e. The fraction of sp³-hybridized carbons (Fsp3) is 0.278. The summed E-state index contributed by atoms with van der Waals surface area (Å²) in [5, 5.41) is 5.50. The predicted molar refractivity (Wildman–Crippen MR) is 89.0 cm³/mol. The zero-order valence-corrected chi connectivity index (χ0v) is 13.6. The molecule has 0 fully saturated rings. The van der Waals surface area contributed by atoms with Gasteiger partial charge in [0.25, 0.3) is 0 Å². The number of urea groups is 1. The third-order valence-corrected chi connectivity index (χ3v) is 3.77. The van der Waals surface area contributed by atoms with Gasteiger partial charge < -0.3 is 20.1 Å². The Kier molecular flexibility index (Phi) is 4.29. The number of halogens is 1. The summed E-state index contributed by atoms with van der Waals surface area (Å²) < 4.78 is 24.3. The molecule has 1 aliphatic rings. The summed E-state index contributed by atoms with van der Waals surface area (Å²) in [4.78, 5) is 12.2. The van der Waals surface area contributed by atoms with Crippen LogP contribution in [0.1, 0.15) is 19.4 Å².